The number of hydrogen-bond acceptors (Lipinski definition) is 1. The van der Waals surface area contributed by atoms with Gasteiger partial charge < -0.3 is 5.11 Å². The minimum Gasteiger partial charge on any atom is -0.508 e. The Morgan fingerprint density at radius 3 is 1.94 bits per heavy atom. The predicted molar refractivity (Wildman–Crippen MR) is 69.8 cm³/mol. The molecular formula is C15H24O. The van der Waals surface area contributed by atoms with Crippen LogP contribution in [0.3, 0.4) is 0 Å². The Bertz CT molecular complexity index is 298. The van der Waals surface area contributed by atoms with Gasteiger partial charge >= 0.3 is 0 Å². The average Bonchev–Trinajstić information content (AvgIpc) is 2.30. The molecule has 1 aromatic carbocycles. The van der Waals surface area contributed by atoms with E-state index in [2.05, 4.69) is 27.7 Å². The number of phenolic OH excluding ortho intramolecular Hbond substituents is 1. The average molecular weight is 220 g/mol. The first-order valence-electron chi connectivity index (χ1n) is 6.39. The highest BCUT2D eigenvalue weighted by atomic mass is 16.3. The van der Waals surface area contributed by atoms with Gasteiger partial charge in [-0.25, -0.2) is 0 Å². The maximum atomic E-state index is 9.28. The van der Waals surface area contributed by atoms with E-state index in [0.29, 0.717) is 17.6 Å². The number of phenols is 1. The van der Waals surface area contributed by atoms with E-state index in [1.165, 1.54) is 18.4 Å². The Morgan fingerprint density at radius 1 is 1.00 bits per heavy atom. The molecule has 0 aliphatic rings. The molecule has 1 heteroatoms. The molecule has 2 unspecified atom stereocenters. The molecule has 1 nitrogen and oxygen atoms in total. The van der Waals surface area contributed by atoms with E-state index in [4.69, 9.17) is 0 Å². The maximum Gasteiger partial charge on any atom is 0.115 e. The van der Waals surface area contributed by atoms with Crippen LogP contribution in [0.15, 0.2) is 24.3 Å². The molecule has 0 spiro atoms. The zero-order valence-electron chi connectivity index (χ0n) is 10.9. The molecule has 1 N–H and O–H groups in total. The Labute approximate surface area is 99.5 Å². The molecule has 1 aromatic rings. The lowest BCUT2D eigenvalue weighted by atomic mass is 9.78. The van der Waals surface area contributed by atoms with E-state index < -0.39 is 0 Å². The van der Waals surface area contributed by atoms with Crippen molar-refractivity contribution in [2.45, 2.75) is 46.5 Å². The van der Waals surface area contributed by atoms with Crippen molar-refractivity contribution in [3.63, 3.8) is 0 Å². The molecule has 0 bridgehead atoms. The van der Waals surface area contributed by atoms with Crippen molar-refractivity contribution in [3.8, 4) is 5.75 Å². The predicted octanol–water partition coefficient (Wildman–Crippen LogP) is 4.57. The van der Waals surface area contributed by atoms with E-state index in [1.54, 1.807) is 12.1 Å². The first-order chi connectivity index (χ1) is 7.60. The molecule has 1 rings (SSSR count). The van der Waals surface area contributed by atoms with Gasteiger partial charge in [0, 0.05) is 0 Å². The number of hydrogen-bond donors (Lipinski definition) is 1. The summed E-state index contributed by atoms with van der Waals surface area (Å²) in [6, 6.07) is 7.65. The molecule has 0 saturated carbocycles. The van der Waals surface area contributed by atoms with Crippen LogP contribution in [-0.4, -0.2) is 5.11 Å². The number of aromatic hydroxyl groups is 1. The molecule has 2 atom stereocenters. The Hall–Kier alpha value is -0.980. The van der Waals surface area contributed by atoms with Crippen molar-refractivity contribution in [1.82, 2.24) is 0 Å². The molecule has 0 amide bonds. The van der Waals surface area contributed by atoms with Crippen LogP contribution in [0.2, 0.25) is 0 Å². The van der Waals surface area contributed by atoms with Gasteiger partial charge in [-0.1, -0.05) is 52.7 Å². The highest BCUT2D eigenvalue weighted by Crippen LogP contribution is 2.33. The number of rotatable bonds is 5. The van der Waals surface area contributed by atoms with Crippen LogP contribution in [0.1, 0.15) is 52.0 Å². The monoisotopic (exact) mass is 220 g/mol. The summed E-state index contributed by atoms with van der Waals surface area (Å²) in [5.74, 6) is 2.40. The van der Waals surface area contributed by atoms with Gasteiger partial charge in [0.2, 0.25) is 0 Å². The van der Waals surface area contributed by atoms with Crippen molar-refractivity contribution < 1.29 is 5.11 Å². The van der Waals surface area contributed by atoms with Gasteiger partial charge in [0.05, 0.1) is 0 Å². The third-order valence-electron chi connectivity index (χ3n) is 4.00. The van der Waals surface area contributed by atoms with Gasteiger partial charge in [-0.15, -0.1) is 0 Å². The van der Waals surface area contributed by atoms with Crippen molar-refractivity contribution in [2.75, 3.05) is 0 Å². The second-order valence-corrected chi connectivity index (χ2v) is 4.82. The van der Waals surface area contributed by atoms with Gasteiger partial charge in [0.25, 0.3) is 0 Å². The van der Waals surface area contributed by atoms with Crippen molar-refractivity contribution in [1.29, 1.82) is 0 Å². The third kappa shape index (κ3) is 3.01. The molecule has 0 heterocycles. The van der Waals surface area contributed by atoms with Gasteiger partial charge in [-0.05, 0) is 35.4 Å². The van der Waals surface area contributed by atoms with Crippen LogP contribution in [0.5, 0.6) is 5.75 Å². The SMILES string of the molecule is CCC(CC)C(C)C(C)c1ccc(O)cc1. The summed E-state index contributed by atoms with van der Waals surface area (Å²) in [6.45, 7) is 9.17. The van der Waals surface area contributed by atoms with Crippen LogP contribution >= 0.6 is 0 Å². The number of benzene rings is 1. The standard InChI is InChI=1S/C15H24O/c1-5-13(6-2)11(3)12(4)14-7-9-15(16)10-8-14/h7-13,16H,5-6H2,1-4H3. The van der Waals surface area contributed by atoms with E-state index in [1.807, 2.05) is 12.1 Å². The van der Waals surface area contributed by atoms with Crippen LogP contribution in [0.25, 0.3) is 0 Å². The Kier molecular flexibility index (Phi) is 4.85. The zero-order chi connectivity index (χ0) is 12.1. The third-order valence-corrected chi connectivity index (χ3v) is 4.00. The summed E-state index contributed by atoms with van der Waals surface area (Å²) in [6.07, 6.45) is 2.50. The second kappa shape index (κ2) is 5.93. The molecular weight excluding hydrogens is 196 g/mol. The fourth-order valence-electron chi connectivity index (χ4n) is 2.52. The minimum absolute atomic E-state index is 0.353. The summed E-state index contributed by atoms with van der Waals surface area (Å²) < 4.78 is 0. The zero-order valence-corrected chi connectivity index (χ0v) is 10.9. The van der Waals surface area contributed by atoms with Crippen LogP contribution < -0.4 is 0 Å². The second-order valence-electron chi connectivity index (χ2n) is 4.82. The van der Waals surface area contributed by atoms with E-state index in [0.717, 1.165) is 5.92 Å². The minimum atomic E-state index is 0.353. The first-order valence-corrected chi connectivity index (χ1v) is 6.39. The van der Waals surface area contributed by atoms with Crippen LogP contribution in [0.4, 0.5) is 0 Å². The van der Waals surface area contributed by atoms with Crippen LogP contribution in [-0.2, 0) is 0 Å². The molecule has 0 aliphatic heterocycles. The summed E-state index contributed by atoms with van der Waals surface area (Å²) in [5.41, 5.74) is 1.33. The molecule has 0 fully saturated rings. The van der Waals surface area contributed by atoms with Crippen molar-refractivity contribution >= 4 is 0 Å². The lowest BCUT2D eigenvalue weighted by molar-refractivity contribution is 0.297. The molecule has 0 aliphatic carbocycles. The van der Waals surface area contributed by atoms with Gasteiger partial charge in [0.15, 0.2) is 0 Å². The van der Waals surface area contributed by atoms with E-state index >= 15 is 0 Å². The lowest BCUT2D eigenvalue weighted by Gasteiger charge is -2.27. The van der Waals surface area contributed by atoms with Crippen LogP contribution in [0, 0.1) is 11.8 Å². The largest absolute Gasteiger partial charge is 0.508 e. The normalized spacial score (nSPS) is 15.1. The Morgan fingerprint density at radius 2 is 1.50 bits per heavy atom. The fraction of sp³-hybridized carbons (Fsp3) is 0.600. The summed E-state index contributed by atoms with van der Waals surface area (Å²) in [7, 11) is 0. The van der Waals surface area contributed by atoms with Crippen molar-refractivity contribution in [3.05, 3.63) is 29.8 Å². The molecule has 0 saturated heterocycles. The van der Waals surface area contributed by atoms with Gasteiger partial charge in [0.1, 0.15) is 5.75 Å². The van der Waals surface area contributed by atoms with E-state index in [-0.39, 0.29) is 0 Å². The highest BCUT2D eigenvalue weighted by Gasteiger charge is 2.21. The molecule has 0 radical (unpaired) electrons. The van der Waals surface area contributed by atoms with Gasteiger partial charge in [-0.3, -0.25) is 0 Å². The highest BCUT2D eigenvalue weighted by molar-refractivity contribution is 5.28. The quantitative estimate of drug-likeness (QED) is 0.770. The molecule has 90 valence electrons. The smallest absolute Gasteiger partial charge is 0.115 e. The van der Waals surface area contributed by atoms with Crippen molar-refractivity contribution in [2.24, 2.45) is 11.8 Å². The van der Waals surface area contributed by atoms with E-state index in [9.17, 15) is 5.11 Å². The summed E-state index contributed by atoms with van der Waals surface area (Å²) >= 11 is 0. The maximum absolute atomic E-state index is 9.28. The first kappa shape index (κ1) is 13.1. The molecule has 0 aromatic heterocycles. The summed E-state index contributed by atoms with van der Waals surface area (Å²) in [5, 5.41) is 9.28. The summed E-state index contributed by atoms with van der Waals surface area (Å²) in [4.78, 5) is 0. The topological polar surface area (TPSA) is 20.2 Å². The van der Waals surface area contributed by atoms with Gasteiger partial charge in [-0.2, -0.15) is 0 Å². The molecule has 16 heavy (non-hydrogen) atoms. The Balaban J connectivity index is 2.76. The fourth-order valence-corrected chi connectivity index (χ4v) is 2.52. The lowest BCUT2D eigenvalue weighted by Crippen LogP contribution is -2.16.